The summed E-state index contributed by atoms with van der Waals surface area (Å²) in [7, 11) is 0. The van der Waals surface area contributed by atoms with Gasteiger partial charge >= 0.3 is 0 Å². The number of halogens is 2. The molecule has 2 N–H and O–H groups in total. The molecule has 0 aliphatic heterocycles. The van der Waals surface area contributed by atoms with Gasteiger partial charge in [-0.15, -0.1) is 0 Å². The minimum atomic E-state index is -0.425. The molecule has 1 aliphatic rings. The fourth-order valence-corrected chi connectivity index (χ4v) is 2.02. The first kappa shape index (κ1) is 13.5. The van der Waals surface area contributed by atoms with Crippen LogP contribution in [0.2, 0.25) is 10.0 Å². The van der Waals surface area contributed by atoms with Gasteiger partial charge < -0.3 is 5.73 Å². The van der Waals surface area contributed by atoms with Gasteiger partial charge in [0.1, 0.15) is 5.69 Å². The highest BCUT2D eigenvalue weighted by molar-refractivity contribution is 6.39. The zero-order valence-electron chi connectivity index (χ0n) is 9.56. The van der Waals surface area contributed by atoms with E-state index >= 15 is 0 Å². The Hall–Kier alpha value is -1.91. The van der Waals surface area contributed by atoms with Crippen LogP contribution in [0.25, 0.3) is 0 Å². The van der Waals surface area contributed by atoms with Crippen LogP contribution in [-0.4, -0.2) is 17.8 Å². The summed E-state index contributed by atoms with van der Waals surface area (Å²) in [5.41, 5.74) is 6.02. The van der Waals surface area contributed by atoms with Crippen LogP contribution in [0.4, 0.5) is 5.69 Å². The number of carbonyl (C=O) groups is 2. The number of para-hydroxylation sites is 1. The molecule has 1 aliphatic carbocycles. The summed E-state index contributed by atoms with van der Waals surface area (Å²) in [5, 5.41) is 0.684. The van der Waals surface area contributed by atoms with Crippen LogP contribution in [-0.2, 0) is 9.59 Å². The average molecular weight is 295 g/mol. The number of carbonyl (C=O) groups excluding carboxylic acids is 2. The molecular weight excluding hydrogens is 287 g/mol. The zero-order valence-corrected chi connectivity index (χ0v) is 11.1. The van der Waals surface area contributed by atoms with Crippen molar-refractivity contribution in [2.24, 2.45) is 10.7 Å². The smallest absolute Gasteiger partial charge is 0.202 e. The van der Waals surface area contributed by atoms with Gasteiger partial charge in [0.15, 0.2) is 6.29 Å². The Morgan fingerprint density at radius 2 is 1.79 bits per heavy atom. The lowest BCUT2D eigenvalue weighted by molar-refractivity contribution is -0.112. The maximum absolute atomic E-state index is 11.4. The summed E-state index contributed by atoms with van der Waals surface area (Å²) in [6.45, 7) is 0. The van der Waals surface area contributed by atoms with Gasteiger partial charge in [-0.1, -0.05) is 29.3 Å². The number of benzene rings is 1. The fourth-order valence-electron chi connectivity index (χ4n) is 1.54. The molecule has 0 aromatic heterocycles. The monoisotopic (exact) mass is 294 g/mol. The topological polar surface area (TPSA) is 72.5 Å². The van der Waals surface area contributed by atoms with Crippen molar-refractivity contribution in [2.75, 3.05) is 0 Å². The predicted octanol–water partition coefficient (Wildman–Crippen LogP) is 2.62. The second-order valence-electron chi connectivity index (χ2n) is 3.71. The van der Waals surface area contributed by atoms with Crippen molar-refractivity contribution in [3.8, 4) is 0 Å². The van der Waals surface area contributed by atoms with Gasteiger partial charge in [-0.05, 0) is 24.3 Å². The summed E-state index contributed by atoms with van der Waals surface area (Å²) in [4.78, 5) is 26.6. The number of rotatable bonds is 2. The van der Waals surface area contributed by atoms with Crippen molar-refractivity contribution < 1.29 is 9.59 Å². The number of hydrogen-bond donors (Lipinski definition) is 1. The second-order valence-corrected chi connectivity index (χ2v) is 4.52. The average Bonchev–Trinajstić information content (AvgIpc) is 2.38. The largest absolute Gasteiger partial charge is 0.395 e. The zero-order chi connectivity index (χ0) is 14.0. The number of allylic oxidation sites excluding steroid dienone is 3. The van der Waals surface area contributed by atoms with Gasteiger partial charge in [0, 0.05) is 0 Å². The number of ketones is 1. The lowest BCUT2D eigenvalue weighted by Crippen LogP contribution is -2.21. The first-order chi connectivity index (χ1) is 9.04. The van der Waals surface area contributed by atoms with Crippen molar-refractivity contribution in [2.45, 2.75) is 0 Å². The molecule has 0 saturated carbocycles. The summed E-state index contributed by atoms with van der Waals surface area (Å²) in [6, 6.07) is 4.93. The molecule has 0 heterocycles. The minimum Gasteiger partial charge on any atom is -0.395 e. The normalized spacial score (nSPS) is 17.2. The minimum absolute atomic E-state index is 0.0310. The second kappa shape index (κ2) is 5.38. The molecule has 2 rings (SSSR count). The van der Waals surface area contributed by atoms with E-state index in [0.29, 0.717) is 22.0 Å². The Kier molecular flexibility index (Phi) is 3.83. The van der Waals surface area contributed by atoms with Crippen LogP contribution in [0.1, 0.15) is 0 Å². The van der Waals surface area contributed by atoms with Crippen LogP contribution < -0.4 is 5.73 Å². The highest BCUT2D eigenvalue weighted by Crippen LogP contribution is 2.33. The van der Waals surface area contributed by atoms with Crippen LogP contribution in [0, 0.1) is 0 Å². The molecule has 0 bridgehead atoms. The maximum Gasteiger partial charge on any atom is 0.202 e. The van der Waals surface area contributed by atoms with Gasteiger partial charge in [-0.2, -0.15) is 0 Å². The first-order valence-corrected chi connectivity index (χ1v) is 6.00. The van der Waals surface area contributed by atoms with E-state index in [1.807, 2.05) is 0 Å². The number of aliphatic imine (C=N–C) groups is 1. The molecule has 0 spiro atoms. The van der Waals surface area contributed by atoms with E-state index < -0.39 is 5.78 Å². The molecule has 1 aromatic rings. The van der Waals surface area contributed by atoms with Gasteiger partial charge in [0.25, 0.3) is 0 Å². The third-order valence-electron chi connectivity index (χ3n) is 2.51. The van der Waals surface area contributed by atoms with E-state index in [0.717, 1.165) is 0 Å². The molecular formula is C13H8Cl2N2O2. The standard InChI is InChI=1S/C13H8Cl2N2O2/c14-8-2-1-3-9(15)13(8)17-10-4-5-11(19)12(16)7(10)6-18/h1-6H,16H2. The maximum atomic E-state index is 11.4. The molecule has 19 heavy (non-hydrogen) atoms. The Balaban J connectivity index is 2.58. The molecule has 6 heteroatoms. The van der Waals surface area contributed by atoms with Crippen molar-refractivity contribution >= 4 is 46.7 Å². The predicted molar refractivity (Wildman–Crippen MR) is 75.0 cm³/mol. The molecule has 0 unspecified atom stereocenters. The van der Waals surface area contributed by atoms with Gasteiger partial charge in [0.05, 0.1) is 27.0 Å². The Morgan fingerprint density at radius 3 is 2.37 bits per heavy atom. The third-order valence-corrected chi connectivity index (χ3v) is 3.12. The van der Waals surface area contributed by atoms with Crippen molar-refractivity contribution in [3.05, 3.63) is 51.7 Å². The molecule has 0 atom stereocenters. The summed E-state index contributed by atoms with van der Waals surface area (Å²) < 4.78 is 0. The number of hydrogen-bond acceptors (Lipinski definition) is 4. The molecule has 96 valence electrons. The first-order valence-electron chi connectivity index (χ1n) is 5.25. The third kappa shape index (κ3) is 2.59. The lowest BCUT2D eigenvalue weighted by Gasteiger charge is -2.10. The quantitative estimate of drug-likeness (QED) is 0.673. The van der Waals surface area contributed by atoms with Gasteiger partial charge in [0.2, 0.25) is 5.78 Å². The van der Waals surface area contributed by atoms with E-state index in [1.165, 1.54) is 12.2 Å². The number of nitrogens with zero attached hydrogens (tertiary/aromatic N) is 1. The van der Waals surface area contributed by atoms with E-state index in [2.05, 4.69) is 4.99 Å². The van der Waals surface area contributed by atoms with Crippen LogP contribution in [0.5, 0.6) is 0 Å². The molecule has 4 nitrogen and oxygen atoms in total. The number of nitrogens with two attached hydrogens (primary N) is 1. The van der Waals surface area contributed by atoms with Crippen molar-refractivity contribution in [1.29, 1.82) is 0 Å². The van der Waals surface area contributed by atoms with Gasteiger partial charge in [-0.3, -0.25) is 9.59 Å². The highest BCUT2D eigenvalue weighted by Gasteiger charge is 2.19. The number of aldehydes is 1. The fraction of sp³-hybridized carbons (Fsp3) is 0. The van der Waals surface area contributed by atoms with Crippen LogP contribution >= 0.6 is 23.2 Å². The SMILES string of the molecule is NC1=C(C=O)C(=Nc2c(Cl)cccc2Cl)C=CC1=O. The lowest BCUT2D eigenvalue weighted by atomic mass is 10.0. The molecule has 0 amide bonds. The van der Waals surface area contributed by atoms with E-state index in [4.69, 9.17) is 28.9 Å². The Morgan fingerprint density at radius 1 is 1.16 bits per heavy atom. The Labute approximate surface area is 119 Å². The molecule has 1 aromatic carbocycles. The van der Waals surface area contributed by atoms with Crippen molar-refractivity contribution in [1.82, 2.24) is 0 Å². The van der Waals surface area contributed by atoms with E-state index in [1.54, 1.807) is 18.2 Å². The Bertz CT molecular complexity index is 640. The van der Waals surface area contributed by atoms with Crippen LogP contribution in [0.3, 0.4) is 0 Å². The van der Waals surface area contributed by atoms with E-state index in [-0.39, 0.29) is 17.0 Å². The molecule has 0 radical (unpaired) electrons. The summed E-state index contributed by atoms with van der Waals surface area (Å²) in [6.07, 6.45) is 3.13. The van der Waals surface area contributed by atoms with Gasteiger partial charge in [-0.25, -0.2) is 4.99 Å². The molecule has 0 saturated heterocycles. The van der Waals surface area contributed by atoms with E-state index in [9.17, 15) is 9.59 Å². The summed E-state index contributed by atoms with van der Waals surface area (Å²) >= 11 is 12.0. The molecule has 0 fully saturated rings. The summed E-state index contributed by atoms with van der Waals surface area (Å²) in [5.74, 6) is -0.425. The van der Waals surface area contributed by atoms with Crippen molar-refractivity contribution in [3.63, 3.8) is 0 Å². The highest BCUT2D eigenvalue weighted by atomic mass is 35.5. The van der Waals surface area contributed by atoms with Crippen LogP contribution in [0.15, 0.2) is 46.6 Å².